The number of hydrogen-bond donors (Lipinski definition) is 2. The molecule has 10 heteroatoms. The first-order valence-electron chi connectivity index (χ1n) is 9.25. The van der Waals surface area contributed by atoms with E-state index < -0.39 is 28.7 Å². The molecule has 0 aliphatic carbocycles. The van der Waals surface area contributed by atoms with Gasteiger partial charge in [0.25, 0.3) is 5.91 Å². The topological polar surface area (TPSA) is 96.2 Å². The Labute approximate surface area is 175 Å². The molecule has 3 heterocycles. The summed E-state index contributed by atoms with van der Waals surface area (Å²) in [4.78, 5) is 31.3. The van der Waals surface area contributed by atoms with Crippen LogP contribution in [0, 0.1) is 5.82 Å². The Balaban J connectivity index is 1.61. The summed E-state index contributed by atoms with van der Waals surface area (Å²) in [7, 11) is 0. The highest BCUT2D eigenvalue weighted by Gasteiger charge is 2.20. The van der Waals surface area contributed by atoms with Gasteiger partial charge in [-0.1, -0.05) is 23.7 Å². The smallest absolute Gasteiger partial charge is 0.300 e. The van der Waals surface area contributed by atoms with Crippen molar-refractivity contribution in [2.24, 2.45) is 0 Å². The maximum atomic E-state index is 14.0. The van der Waals surface area contributed by atoms with Crippen molar-refractivity contribution in [3.63, 3.8) is 0 Å². The van der Waals surface area contributed by atoms with Crippen LogP contribution in [0.5, 0.6) is 5.75 Å². The predicted octanol–water partition coefficient (Wildman–Crippen LogP) is 1.96. The van der Waals surface area contributed by atoms with E-state index in [9.17, 15) is 19.1 Å². The number of pyridine rings is 1. The fourth-order valence-corrected chi connectivity index (χ4v) is 3.42. The molecular weight excluding hydrogens is 415 g/mol. The number of hydrogen-bond acceptors (Lipinski definition) is 6. The molecule has 1 aliphatic heterocycles. The first kappa shape index (κ1) is 20.1. The van der Waals surface area contributed by atoms with Gasteiger partial charge in [0.15, 0.2) is 5.69 Å². The molecule has 4 rings (SSSR count). The van der Waals surface area contributed by atoms with Crippen molar-refractivity contribution in [1.29, 1.82) is 0 Å². The van der Waals surface area contributed by atoms with Crippen molar-refractivity contribution in [2.45, 2.75) is 6.54 Å². The normalized spacial score (nSPS) is 14.1. The molecule has 1 aromatic carbocycles. The monoisotopic (exact) mass is 432 g/mol. The van der Waals surface area contributed by atoms with Crippen molar-refractivity contribution in [1.82, 2.24) is 14.7 Å². The minimum absolute atomic E-state index is 0.0669. The standard InChI is InChI=1S/C20H18ClFN4O4/c21-14-3-1-2-12(16(14)22)10-23-19(28)17-18(27)20(29)26-11-13(4-5-15(26)24-17)25-6-8-30-9-7-25/h1-5,11,27H,6-10H2,(H,23,28). The van der Waals surface area contributed by atoms with Gasteiger partial charge >= 0.3 is 5.56 Å². The fourth-order valence-electron chi connectivity index (χ4n) is 3.23. The van der Waals surface area contributed by atoms with Crippen LogP contribution >= 0.6 is 11.6 Å². The van der Waals surface area contributed by atoms with Crippen molar-refractivity contribution in [2.75, 3.05) is 31.2 Å². The number of aromatic hydroxyl groups is 1. The second-order valence-electron chi connectivity index (χ2n) is 6.72. The maximum absolute atomic E-state index is 14.0. The Morgan fingerprint density at radius 3 is 2.80 bits per heavy atom. The number of halogens is 2. The number of nitrogens with zero attached hydrogens (tertiary/aromatic N) is 3. The number of morpholine rings is 1. The molecule has 0 unspecified atom stereocenters. The lowest BCUT2D eigenvalue weighted by molar-refractivity contribution is 0.0942. The molecule has 0 radical (unpaired) electrons. The third-order valence-electron chi connectivity index (χ3n) is 4.85. The summed E-state index contributed by atoms with van der Waals surface area (Å²) in [6, 6.07) is 7.80. The quantitative estimate of drug-likeness (QED) is 0.654. The average Bonchev–Trinajstić information content (AvgIpc) is 2.77. The molecule has 1 aliphatic rings. The number of aromatic nitrogens is 2. The van der Waals surface area contributed by atoms with E-state index in [2.05, 4.69) is 10.3 Å². The zero-order valence-electron chi connectivity index (χ0n) is 15.8. The molecule has 1 fully saturated rings. The van der Waals surface area contributed by atoms with Crippen LogP contribution < -0.4 is 15.8 Å². The first-order chi connectivity index (χ1) is 14.5. The molecule has 1 saturated heterocycles. The third-order valence-corrected chi connectivity index (χ3v) is 5.14. The predicted molar refractivity (Wildman–Crippen MR) is 109 cm³/mol. The SMILES string of the molecule is O=C(NCc1cccc(Cl)c1F)c1nc2ccc(N3CCOCC3)cn2c(=O)c1O. The average molecular weight is 433 g/mol. The van der Waals surface area contributed by atoms with Gasteiger partial charge in [0.05, 0.1) is 23.9 Å². The van der Waals surface area contributed by atoms with Crippen LogP contribution in [-0.4, -0.2) is 46.7 Å². The largest absolute Gasteiger partial charge is 0.501 e. The van der Waals surface area contributed by atoms with Crippen LogP contribution in [0.2, 0.25) is 5.02 Å². The summed E-state index contributed by atoms with van der Waals surface area (Å²) in [6.45, 7) is 2.35. The Morgan fingerprint density at radius 2 is 2.03 bits per heavy atom. The van der Waals surface area contributed by atoms with Crippen LogP contribution in [-0.2, 0) is 11.3 Å². The minimum atomic E-state index is -0.802. The van der Waals surface area contributed by atoms with Crippen LogP contribution in [0.25, 0.3) is 5.65 Å². The summed E-state index contributed by atoms with van der Waals surface area (Å²) >= 11 is 5.73. The van der Waals surface area contributed by atoms with Gasteiger partial charge in [-0.05, 0) is 18.2 Å². The van der Waals surface area contributed by atoms with Gasteiger partial charge in [-0.3, -0.25) is 14.0 Å². The lowest BCUT2D eigenvalue weighted by atomic mass is 10.2. The van der Waals surface area contributed by atoms with Gasteiger partial charge in [-0.25, -0.2) is 9.37 Å². The Morgan fingerprint density at radius 1 is 1.27 bits per heavy atom. The zero-order valence-corrected chi connectivity index (χ0v) is 16.5. The molecule has 3 aromatic rings. The molecular formula is C20H18ClFN4O4. The van der Waals surface area contributed by atoms with Crippen LogP contribution in [0.1, 0.15) is 16.1 Å². The lowest BCUT2D eigenvalue weighted by Crippen LogP contribution is -2.36. The number of nitrogens with one attached hydrogen (secondary N) is 1. The number of rotatable bonds is 4. The number of amides is 1. The second kappa shape index (κ2) is 8.29. The van der Waals surface area contributed by atoms with Crippen molar-refractivity contribution in [3.05, 3.63) is 69.0 Å². The van der Waals surface area contributed by atoms with E-state index in [-0.39, 0.29) is 22.8 Å². The van der Waals surface area contributed by atoms with E-state index in [0.717, 1.165) is 5.69 Å². The molecule has 0 spiro atoms. The molecule has 8 nitrogen and oxygen atoms in total. The highest BCUT2D eigenvalue weighted by Crippen LogP contribution is 2.19. The zero-order chi connectivity index (χ0) is 21.3. The molecule has 30 heavy (non-hydrogen) atoms. The fraction of sp³-hybridized carbons (Fsp3) is 0.250. The Hall–Kier alpha value is -3.17. The van der Waals surface area contributed by atoms with Crippen LogP contribution in [0.3, 0.4) is 0 Å². The highest BCUT2D eigenvalue weighted by atomic mass is 35.5. The summed E-state index contributed by atoms with van der Waals surface area (Å²) < 4.78 is 20.5. The van der Waals surface area contributed by atoms with Crippen molar-refractivity contribution < 1.29 is 19.0 Å². The summed E-state index contributed by atoms with van der Waals surface area (Å²) in [6.07, 6.45) is 1.57. The lowest BCUT2D eigenvalue weighted by Gasteiger charge is -2.28. The van der Waals surface area contributed by atoms with Crippen molar-refractivity contribution >= 4 is 28.8 Å². The number of fused-ring (bicyclic) bond motifs is 1. The van der Waals surface area contributed by atoms with Gasteiger partial charge < -0.3 is 20.1 Å². The van der Waals surface area contributed by atoms with E-state index in [1.54, 1.807) is 24.4 Å². The van der Waals surface area contributed by atoms with E-state index in [4.69, 9.17) is 16.3 Å². The minimum Gasteiger partial charge on any atom is -0.501 e. The Bertz CT molecular complexity index is 1180. The van der Waals surface area contributed by atoms with E-state index in [1.807, 2.05) is 4.90 Å². The number of ether oxygens (including phenoxy) is 1. The number of anilines is 1. The van der Waals surface area contributed by atoms with Gasteiger partial charge in [0, 0.05) is 31.4 Å². The Kier molecular flexibility index (Phi) is 5.56. The summed E-state index contributed by atoms with van der Waals surface area (Å²) in [5.41, 5.74) is -0.0459. The molecule has 0 saturated carbocycles. The van der Waals surface area contributed by atoms with Gasteiger partial charge in [0.2, 0.25) is 5.75 Å². The molecule has 0 bridgehead atoms. The van der Waals surface area contributed by atoms with E-state index in [0.29, 0.717) is 26.3 Å². The first-order valence-corrected chi connectivity index (χ1v) is 9.62. The highest BCUT2D eigenvalue weighted by molar-refractivity contribution is 6.30. The number of carbonyl (C=O) groups excluding carboxylic acids is 1. The van der Waals surface area contributed by atoms with E-state index in [1.165, 1.54) is 16.5 Å². The number of carbonyl (C=O) groups is 1. The van der Waals surface area contributed by atoms with Gasteiger partial charge in [0.1, 0.15) is 11.5 Å². The second-order valence-corrected chi connectivity index (χ2v) is 7.13. The van der Waals surface area contributed by atoms with Crippen molar-refractivity contribution in [3.8, 4) is 5.75 Å². The van der Waals surface area contributed by atoms with Crippen LogP contribution in [0.15, 0.2) is 41.3 Å². The molecule has 2 N–H and O–H groups in total. The maximum Gasteiger partial charge on any atom is 0.300 e. The summed E-state index contributed by atoms with van der Waals surface area (Å²) in [5, 5.41) is 12.7. The van der Waals surface area contributed by atoms with Crippen LogP contribution in [0.4, 0.5) is 10.1 Å². The van der Waals surface area contributed by atoms with E-state index >= 15 is 0 Å². The van der Waals surface area contributed by atoms with Gasteiger partial charge in [-0.15, -0.1) is 0 Å². The third kappa shape index (κ3) is 3.81. The molecule has 2 aromatic heterocycles. The molecule has 1 amide bonds. The molecule has 0 atom stereocenters. The number of benzene rings is 1. The summed E-state index contributed by atoms with van der Waals surface area (Å²) in [5.74, 6) is -2.23. The van der Waals surface area contributed by atoms with Gasteiger partial charge in [-0.2, -0.15) is 0 Å². The molecule has 156 valence electrons.